The minimum Gasteiger partial charge on any atom is -0.480 e. The fraction of sp³-hybridized carbons (Fsp3) is 0.750. The molecule has 13 heavy (non-hydrogen) atoms. The van der Waals surface area contributed by atoms with Gasteiger partial charge in [-0.2, -0.15) is 0 Å². The van der Waals surface area contributed by atoms with Crippen LogP contribution in [-0.2, 0) is 4.79 Å². The minimum absolute atomic E-state index is 0.0651. The van der Waals surface area contributed by atoms with E-state index in [1.54, 1.807) is 4.90 Å². The number of carbonyl (C=O) groups is 1. The summed E-state index contributed by atoms with van der Waals surface area (Å²) in [6.45, 7) is 5.21. The standard InChI is InChI=1S/C8H14N2O2S/c1-5(2)6(7(11)12)10-4-3-9-8(10)13/h5-6H,3-4H2,1-2H3,(H,9,13)(H,11,12)/t6-/m0/s1. The Kier molecular flexibility index (Phi) is 3.08. The van der Waals surface area contributed by atoms with Crippen molar-refractivity contribution in [2.45, 2.75) is 19.9 Å². The van der Waals surface area contributed by atoms with E-state index < -0.39 is 12.0 Å². The van der Waals surface area contributed by atoms with Gasteiger partial charge in [-0.15, -0.1) is 0 Å². The number of aliphatic carboxylic acids is 1. The molecule has 0 spiro atoms. The molecule has 74 valence electrons. The summed E-state index contributed by atoms with van der Waals surface area (Å²) >= 11 is 5.01. The third-order valence-electron chi connectivity index (χ3n) is 2.11. The van der Waals surface area contributed by atoms with Crippen molar-refractivity contribution in [1.29, 1.82) is 0 Å². The summed E-state index contributed by atoms with van der Waals surface area (Å²) < 4.78 is 0. The van der Waals surface area contributed by atoms with Crippen LogP contribution in [0.2, 0.25) is 0 Å². The summed E-state index contributed by atoms with van der Waals surface area (Å²) in [5.74, 6) is -0.739. The lowest BCUT2D eigenvalue weighted by molar-refractivity contribution is -0.143. The van der Waals surface area contributed by atoms with Gasteiger partial charge < -0.3 is 15.3 Å². The van der Waals surface area contributed by atoms with Crippen molar-refractivity contribution in [3.63, 3.8) is 0 Å². The first kappa shape index (κ1) is 10.2. The number of carboxylic acid groups (broad SMARTS) is 1. The fourth-order valence-electron chi connectivity index (χ4n) is 1.53. The molecule has 1 fully saturated rings. The van der Waals surface area contributed by atoms with Crippen molar-refractivity contribution in [3.8, 4) is 0 Å². The summed E-state index contributed by atoms with van der Waals surface area (Å²) in [6.07, 6.45) is 0. The Labute approximate surface area is 82.9 Å². The third-order valence-corrected chi connectivity index (χ3v) is 2.49. The molecular formula is C8H14N2O2S. The second kappa shape index (κ2) is 3.91. The van der Waals surface area contributed by atoms with Crippen molar-refractivity contribution in [1.82, 2.24) is 10.2 Å². The molecule has 0 amide bonds. The zero-order valence-corrected chi connectivity index (χ0v) is 8.60. The Morgan fingerprint density at radius 2 is 2.31 bits per heavy atom. The highest BCUT2D eigenvalue weighted by Gasteiger charge is 2.32. The van der Waals surface area contributed by atoms with Crippen LogP contribution in [0.25, 0.3) is 0 Å². The average molecular weight is 202 g/mol. The van der Waals surface area contributed by atoms with Crippen LogP contribution in [-0.4, -0.2) is 40.2 Å². The predicted octanol–water partition coefficient (Wildman–Crippen LogP) is 0.286. The number of thiocarbonyl (C=S) groups is 1. The molecule has 0 aromatic rings. The van der Waals surface area contributed by atoms with Crippen molar-refractivity contribution in [2.24, 2.45) is 5.92 Å². The highest BCUT2D eigenvalue weighted by Crippen LogP contribution is 2.13. The molecule has 4 nitrogen and oxygen atoms in total. The van der Waals surface area contributed by atoms with Gasteiger partial charge in [0.1, 0.15) is 6.04 Å². The molecule has 0 aromatic heterocycles. The van der Waals surface area contributed by atoms with Crippen molar-refractivity contribution < 1.29 is 9.90 Å². The van der Waals surface area contributed by atoms with Crippen LogP contribution in [0.5, 0.6) is 0 Å². The Morgan fingerprint density at radius 3 is 2.62 bits per heavy atom. The molecule has 1 aliphatic heterocycles. The normalized spacial score (nSPS) is 19.0. The number of nitrogens with zero attached hydrogens (tertiary/aromatic N) is 1. The SMILES string of the molecule is CC(C)[C@@H](C(=O)O)N1CCNC1=S. The summed E-state index contributed by atoms with van der Waals surface area (Å²) in [7, 11) is 0. The molecule has 0 aliphatic carbocycles. The first-order valence-corrected chi connectivity index (χ1v) is 4.72. The first-order valence-electron chi connectivity index (χ1n) is 4.31. The van der Waals surface area contributed by atoms with Gasteiger partial charge in [-0.1, -0.05) is 13.8 Å². The second-order valence-electron chi connectivity index (χ2n) is 3.45. The van der Waals surface area contributed by atoms with Gasteiger partial charge in [-0.05, 0) is 18.1 Å². The number of nitrogens with one attached hydrogen (secondary N) is 1. The average Bonchev–Trinajstić information content (AvgIpc) is 2.35. The second-order valence-corrected chi connectivity index (χ2v) is 3.84. The molecular weight excluding hydrogens is 188 g/mol. The summed E-state index contributed by atoms with van der Waals surface area (Å²) in [4.78, 5) is 12.7. The van der Waals surface area contributed by atoms with Gasteiger partial charge in [0, 0.05) is 13.1 Å². The van der Waals surface area contributed by atoms with E-state index in [4.69, 9.17) is 17.3 Å². The van der Waals surface area contributed by atoms with E-state index in [2.05, 4.69) is 5.32 Å². The zero-order valence-electron chi connectivity index (χ0n) is 7.78. The molecule has 2 N–H and O–H groups in total. The van der Waals surface area contributed by atoms with Gasteiger partial charge in [0.05, 0.1) is 0 Å². The molecule has 1 atom stereocenters. The maximum Gasteiger partial charge on any atom is 0.326 e. The molecule has 0 aromatic carbocycles. The summed E-state index contributed by atoms with van der Waals surface area (Å²) in [5.41, 5.74) is 0. The van der Waals surface area contributed by atoms with E-state index in [0.717, 1.165) is 6.54 Å². The quantitative estimate of drug-likeness (QED) is 0.644. The summed E-state index contributed by atoms with van der Waals surface area (Å²) in [5, 5.41) is 12.5. The van der Waals surface area contributed by atoms with Crippen LogP contribution in [0, 0.1) is 5.92 Å². The largest absolute Gasteiger partial charge is 0.480 e. The van der Waals surface area contributed by atoms with Crippen LogP contribution in [0.1, 0.15) is 13.8 Å². The molecule has 5 heteroatoms. The number of carboxylic acids is 1. The van der Waals surface area contributed by atoms with Gasteiger partial charge in [0.15, 0.2) is 5.11 Å². The van der Waals surface area contributed by atoms with Gasteiger partial charge in [0.25, 0.3) is 0 Å². The first-order chi connectivity index (χ1) is 6.04. The van der Waals surface area contributed by atoms with Crippen LogP contribution < -0.4 is 5.32 Å². The van der Waals surface area contributed by atoms with Gasteiger partial charge in [0.2, 0.25) is 0 Å². The van der Waals surface area contributed by atoms with Crippen LogP contribution in [0.4, 0.5) is 0 Å². The lowest BCUT2D eigenvalue weighted by Gasteiger charge is -2.27. The lowest BCUT2D eigenvalue weighted by atomic mass is 10.0. The van der Waals surface area contributed by atoms with Gasteiger partial charge in [-0.25, -0.2) is 4.79 Å². The zero-order chi connectivity index (χ0) is 10.0. The van der Waals surface area contributed by atoms with E-state index in [1.807, 2.05) is 13.8 Å². The lowest BCUT2D eigenvalue weighted by Crippen LogP contribution is -2.46. The number of rotatable bonds is 3. The Bertz CT molecular complexity index is 230. The van der Waals surface area contributed by atoms with Crippen LogP contribution >= 0.6 is 12.2 Å². The molecule has 1 saturated heterocycles. The van der Waals surface area contributed by atoms with Crippen molar-refractivity contribution >= 4 is 23.3 Å². The van der Waals surface area contributed by atoms with Crippen molar-refractivity contribution in [2.75, 3.05) is 13.1 Å². The molecule has 1 heterocycles. The molecule has 1 rings (SSSR count). The van der Waals surface area contributed by atoms with E-state index >= 15 is 0 Å². The van der Waals surface area contributed by atoms with Crippen LogP contribution in [0.3, 0.4) is 0 Å². The number of hydrogen-bond acceptors (Lipinski definition) is 2. The highest BCUT2D eigenvalue weighted by molar-refractivity contribution is 7.80. The summed E-state index contributed by atoms with van der Waals surface area (Å²) in [6, 6.07) is -0.498. The monoisotopic (exact) mass is 202 g/mol. The Balaban J connectivity index is 2.75. The maximum absolute atomic E-state index is 10.9. The third kappa shape index (κ3) is 2.09. The van der Waals surface area contributed by atoms with Gasteiger partial charge >= 0.3 is 5.97 Å². The highest BCUT2D eigenvalue weighted by atomic mass is 32.1. The van der Waals surface area contributed by atoms with E-state index in [0.29, 0.717) is 11.7 Å². The van der Waals surface area contributed by atoms with E-state index in [-0.39, 0.29) is 5.92 Å². The molecule has 0 unspecified atom stereocenters. The topological polar surface area (TPSA) is 52.6 Å². The maximum atomic E-state index is 10.9. The Morgan fingerprint density at radius 1 is 1.69 bits per heavy atom. The van der Waals surface area contributed by atoms with E-state index in [1.165, 1.54) is 0 Å². The predicted molar refractivity (Wildman–Crippen MR) is 53.6 cm³/mol. The number of hydrogen-bond donors (Lipinski definition) is 2. The van der Waals surface area contributed by atoms with E-state index in [9.17, 15) is 4.79 Å². The van der Waals surface area contributed by atoms with Gasteiger partial charge in [-0.3, -0.25) is 0 Å². The fourth-order valence-corrected chi connectivity index (χ4v) is 1.84. The molecule has 0 saturated carbocycles. The molecule has 0 radical (unpaired) electrons. The van der Waals surface area contributed by atoms with Crippen molar-refractivity contribution in [3.05, 3.63) is 0 Å². The smallest absolute Gasteiger partial charge is 0.326 e. The minimum atomic E-state index is -0.805. The van der Waals surface area contributed by atoms with Crippen LogP contribution in [0.15, 0.2) is 0 Å². The Hall–Kier alpha value is -0.840. The molecule has 0 bridgehead atoms. The molecule has 1 aliphatic rings.